The van der Waals surface area contributed by atoms with Crippen molar-refractivity contribution in [3.05, 3.63) is 102 Å². The molecule has 156 valence electrons. The average Bonchev–Trinajstić information content (AvgIpc) is 2.80. The Hall–Kier alpha value is -3.58. The third-order valence-electron chi connectivity index (χ3n) is 4.59. The monoisotopic (exact) mass is 435 g/mol. The summed E-state index contributed by atoms with van der Waals surface area (Å²) in [7, 11) is 0. The molecule has 1 unspecified atom stereocenters. The molecule has 0 N–H and O–H groups in total. The lowest BCUT2D eigenvalue weighted by molar-refractivity contribution is 0.327. The molecule has 0 bridgehead atoms. The van der Waals surface area contributed by atoms with Gasteiger partial charge < -0.3 is 9.64 Å². The highest BCUT2D eigenvalue weighted by molar-refractivity contribution is 6.30. The van der Waals surface area contributed by atoms with Gasteiger partial charge in [0.15, 0.2) is 0 Å². The van der Waals surface area contributed by atoms with Crippen molar-refractivity contribution in [1.82, 2.24) is 19.9 Å². The molecule has 0 aliphatic rings. The number of pyridine rings is 4. The fourth-order valence-electron chi connectivity index (χ4n) is 3.28. The van der Waals surface area contributed by atoms with E-state index in [9.17, 15) is 4.39 Å². The van der Waals surface area contributed by atoms with E-state index in [0.29, 0.717) is 34.6 Å². The fraction of sp³-hybridized carbons (Fsp3) is 0.130. The maximum Gasteiger partial charge on any atom is 0.218 e. The number of hydrogen-bond donors (Lipinski definition) is 0. The number of aromatic nitrogens is 4. The standard InChI is InChI=1S/C23H19ClFN5O/c1-2-31-21-10-8-18(15-29-21)30(20-9-7-17(24)14-28-20)22(16-5-3-11-26-13-16)19-6-4-12-27-23(19)25/h3-15,22H,2H2,1H3. The van der Waals surface area contributed by atoms with E-state index in [1.165, 1.54) is 6.20 Å². The molecule has 8 heteroatoms. The van der Waals surface area contributed by atoms with Crippen LogP contribution in [-0.4, -0.2) is 26.5 Å². The summed E-state index contributed by atoms with van der Waals surface area (Å²) in [4.78, 5) is 18.8. The Kier molecular flexibility index (Phi) is 6.33. The van der Waals surface area contributed by atoms with Crippen LogP contribution >= 0.6 is 11.6 Å². The Bertz CT molecular complexity index is 1130. The van der Waals surface area contributed by atoms with Gasteiger partial charge in [-0.3, -0.25) is 4.98 Å². The van der Waals surface area contributed by atoms with Crippen LogP contribution in [0.1, 0.15) is 24.1 Å². The molecule has 0 aromatic carbocycles. The zero-order chi connectivity index (χ0) is 21.6. The predicted molar refractivity (Wildman–Crippen MR) is 117 cm³/mol. The van der Waals surface area contributed by atoms with Crippen molar-refractivity contribution in [2.24, 2.45) is 0 Å². The average molecular weight is 436 g/mol. The van der Waals surface area contributed by atoms with Crippen LogP contribution in [0.2, 0.25) is 5.02 Å². The summed E-state index contributed by atoms with van der Waals surface area (Å²) in [6.45, 7) is 2.40. The van der Waals surface area contributed by atoms with E-state index in [1.54, 1.807) is 61.2 Å². The Morgan fingerprint density at radius 3 is 2.48 bits per heavy atom. The molecule has 4 aromatic heterocycles. The summed E-state index contributed by atoms with van der Waals surface area (Å²) < 4.78 is 20.4. The maximum atomic E-state index is 14.9. The minimum absolute atomic E-state index is 0.376. The van der Waals surface area contributed by atoms with Gasteiger partial charge in [-0.25, -0.2) is 15.0 Å². The van der Waals surface area contributed by atoms with E-state index in [1.807, 2.05) is 24.0 Å². The van der Waals surface area contributed by atoms with Gasteiger partial charge in [0.05, 0.1) is 29.6 Å². The van der Waals surface area contributed by atoms with Crippen molar-refractivity contribution in [3.63, 3.8) is 0 Å². The molecule has 0 spiro atoms. The van der Waals surface area contributed by atoms with Crippen molar-refractivity contribution in [3.8, 4) is 5.88 Å². The highest BCUT2D eigenvalue weighted by Crippen LogP contribution is 2.39. The van der Waals surface area contributed by atoms with Crippen molar-refractivity contribution >= 4 is 23.1 Å². The molecular formula is C23H19ClFN5O. The number of anilines is 2. The van der Waals surface area contributed by atoms with Gasteiger partial charge in [0, 0.05) is 36.4 Å². The summed E-state index contributed by atoms with van der Waals surface area (Å²) >= 11 is 6.07. The first-order chi connectivity index (χ1) is 15.2. The van der Waals surface area contributed by atoms with E-state index in [-0.39, 0.29) is 0 Å². The van der Waals surface area contributed by atoms with Crippen molar-refractivity contribution < 1.29 is 9.13 Å². The minimum atomic E-state index is -0.601. The van der Waals surface area contributed by atoms with Gasteiger partial charge in [-0.2, -0.15) is 4.39 Å². The Morgan fingerprint density at radius 1 is 0.968 bits per heavy atom. The molecule has 0 saturated carbocycles. The second-order valence-electron chi connectivity index (χ2n) is 6.56. The zero-order valence-electron chi connectivity index (χ0n) is 16.7. The molecular weight excluding hydrogens is 417 g/mol. The van der Waals surface area contributed by atoms with E-state index in [2.05, 4.69) is 19.9 Å². The van der Waals surface area contributed by atoms with Gasteiger partial charge in [0.25, 0.3) is 0 Å². The van der Waals surface area contributed by atoms with Crippen LogP contribution in [0, 0.1) is 5.95 Å². The highest BCUT2D eigenvalue weighted by atomic mass is 35.5. The van der Waals surface area contributed by atoms with E-state index in [0.717, 1.165) is 5.56 Å². The lowest BCUT2D eigenvalue weighted by atomic mass is 9.98. The third kappa shape index (κ3) is 4.62. The fourth-order valence-corrected chi connectivity index (χ4v) is 3.39. The largest absolute Gasteiger partial charge is 0.478 e. The van der Waals surface area contributed by atoms with Crippen LogP contribution in [0.25, 0.3) is 0 Å². The maximum absolute atomic E-state index is 14.9. The summed E-state index contributed by atoms with van der Waals surface area (Å²) in [5, 5.41) is 0.499. The van der Waals surface area contributed by atoms with E-state index < -0.39 is 12.0 Å². The first-order valence-electron chi connectivity index (χ1n) is 9.67. The van der Waals surface area contributed by atoms with Crippen LogP contribution in [0.3, 0.4) is 0 Å². The lowest BCUT2D eigenvalue weighted by Gasteiger charge is -2.33. The molecule has 4 aromatic rings. The van der Waals surface area contributed by atoms with Crippen LogP contribution in [0.5, 0.6) is 5.88 Å². The van der Waals surface area contributed by atoms with Gasteiger partial charge in [-0.15, -0.1) is 0 Å². The van der Waals surface area contributed by atoms with Crippen molar-refractivity contribution in [1.29, 1.82) is 0 Å². The van der Waals surface area contributed by atoms with Crippen LogP contribution in [0.15, 0.2) is 79.5 Å². The summed E-state index contributed by atoms with van der Waals surface area (Å²) in [5.74, 6) is 0.488. The van der Waals surface area contributed by atoms with Gasteiger partial charge in [0.2, 0.25) is 11.8 Å². The van der Waals surface area contributed by atoms with Crippen LogP contribution in [0.4, 0.5) is 15.9 Å². The number of hydrogen-bond acceptors (Lipinski definition) is 6. The molecule has 0 amide bonds. The Morgan fingerprint density at radius 2 is 1.84 bits per heavy atom. The highest BCUT2D eigenvalue weighted by Gasteiger charge is 2.29. The minimum Gasteiger partial charge on any atom is -0.478 e. The number of nitrogens with zero attached hydrogens (tertiary/aromatic N) is 5. The van der Waals surface area contributed by atoms with Gasteiger partial charge in [0.1, 0.15) is 5.82 Å². The van der Waals surface area contributed by atoms with Gasteiger partial charge in [-0.1, -0.05) is 23.7 Å². The summed E-state index contributed by atoms with van der Waals surface area (Å²) in [5.41, 5.74) is 1.83. The Balaban J connectivity index is 1.92. The van der Waals surface area contributed by atoms with Gasteiger partial charge >= 0.3 is 0 Å². The topological polar surface area (TPSA) is 64.0 Å². The molecule has 31 heavy (non-hydrogen) atoms. The van der Waals surface area contributed by atoms with E-state index in [4.69, 9.17) is 16.3 Å². The zero-order valence-corrected chi connectivity index (χ0v) is 17.4. The SMILES string of the molecule is CCOc1ccc(N(c2ccc(Cl)cn2)C(c2cccnc2)c2cccnc2F)cn1. The van der Waals surface area contributed by atoms with Crippen molar-refractivity contribution in [2.45, 2.75) is 13.0 Å². The molecule has 0 saturated heterocycles. The molecule has 4 rings (SSSR count). The van der Waals surface area contributed by atoms with Crippen LogP contribution in [-0.2, 0) is 0 Å². The smallest absolute Gasteiger partial charge is 0.218 e. The second kappa shape index (κ2) is 9.49. The molecule has 0 aliphatic carbocycles. The summed E-state index contributed by atoms with van der Waals surface area (Å²) in [6, 6.07) is 13.6. The third-order valence-corrected chi connectivity index (χ3v) is 4.81. The normalized spacial score (nSPS) is 11.7. The lowest BCUT2D eigenvalue weighted by Crippen LogP contribution is -2.27. The van der Waals surface area contributed by atoms with Crippen LogP contribution < -0.4 is 9.64 Å². The molecule has 0 radical (unpaired) electrons. The summed E-state index contributed by atoms with van der Waals surface area (Å²) in [6.07, 6.45) is 8.00. The van der Waals surface area contributed by atoms with Crippen molar-refractivity contribution in [2.75, 3.05) is 11.5 Å². The molecule has 1 atom stereocenters. The number of ether oxygens (including phenoxy) is 1. The first kappa shape index (κ1) is 20.7. The quantitative estimate of drug-likeness (QED) is 0.363. The predicted octanol–water partition coefficient (Wildman–Crippen LogP) is 5.39. The molecule has 4 heterocycles. The molecule has 6 nitrogen and oxygen atoms in total. The van der Waals surface area contributed by atoms with E-state index >= 15 is 0 Å². The van der Waals surface area contributed by atoms with Gasteiger partial charge in [-0.05, 0) is 42.8 Å². The molecule has 0 fully saturated rings. The Labute approximate surface area is 184 Å². The second-order valence-corrected chi connectivity index (χ2v) is 7.00. The number of rotatable bonds is 7. The first-order valence-corrected chi connectivity index (χ1v) is 10.0. The molecule has 0 aliphatic heterocycles. The number of halogens is 2.